The third-order valence-electron chi connectivity index (χ3n) is 3.57. The van der Waals surface area contributed by atoms with Gasteiger partial charge in [-0.3, -0.25) is 9.78 Å². The zero-order valence-electron chi connectivity index (χ0n) is 12.9. The first-order chi connectivity index (χ1) is 10.5. The highest BCUT2D eigenvalue weighted by Gasteiger charge is 2.11. The van der Waals surface area contributed by atoms with Crippen molar-refractivity contribution in [1.29, 1.82) is 0 Å². The number of benzene rings is 1. The van der Waals surface area contributed by atoms with Gasteiger partial charge in [-0.1, -0.05) is 17.7 Å². The fraction of sp³-hybridized carbons (Fsp3) is 0.222. The number of carbonyl (C=O) groups excluding carboxylic acids is 1. The quantitative estimate of drug-likeness (QED) is 0.779. The second-order valence-corrected chi connectivity index (χ2v) is 6.63. The minimum atomic E-state index is 0.00788. The van der Waals surface area contributed by atoms with Gasteiger partial charge in [0.2, 0.25) is 5.91 Å². The number of nitrogens with zero attached hydrogens (tertiary/aromatic N) is 1. The lowest BCUT2D eigenvalue weighted by Gasteiger charge is -2.12. The summed E-state index contributed by atoms with van der Waals surface area (Å²) in [6.07, 6.45) is 0.408. The Morgan fingerprint density at radius 1 is 1.23 bits per heavy atom. The first-order valence-corrected chi connectivity index (χ1v) is 8.12. The largest absolute Gasteiger partial charge is 0.325 e. The number of pyridine rings is 1. The molecule has 2 heterocycles. The summed E-state index contributed by atoms with van der Waals surface area (Å²) in [5, 5.41) is 6.04. The molecule has 0 atom stereocenters. The predicted octanol–water partition coefficient (Wildman–Crippen LogP) is 4.40. The van der Waals surface area contributed by atoms with Crippen molar-refractivity contribution in [1.82, 2.24) is 4.98 Å². The van der Waals surface area contributed by atoms with Crippen LogP contribution >= 0.6 is 11.3 Å². The van der Waals surface area contributed by atoms with Gasteiger partial charge < -0.3 is 5.32 Å². The number of carbonyl (C=O) groups is 1. The topological polar surface area (TPSA) is 42.0 Å². The van der Waals surface area contributed by atoms with Crippen molar-refractivity contribution < 1.29 is 4.79 Å². The average Bonchev–Trinajstić information content (AvgIpc) is 2.93. The van der Waals surface area contributed by atoms with E-state index in [1.165, 1.54) is 5.56 Å². The summed E-state index contributed by atoms with van der Waals surface area (Å²) >= 11 is 1.60. The van der Waals surface area contributed by atoms with Gasteiger partial charge in [-0.2, -0.15) is 0 Å². The van der Waals surface area contributed by atoms with Gasteiger partial charge in [-0.05, 0) is 49.9 Å². The van der Waals surface area contributed by atoms with Crippen LogP contribution in [0.1, 0.15) is 21.7 Å². The summed E-state index contributed by atoms with van der Waals surface area (Å²) in [7, 11) is 0. The van der Waals surface area contributed by atoms with E-state index in [1.807, 2.05) is 30.5 Å². The van der Waals surface area contributed by atoms with Crippen LogP contribution < -0.4 is 5.32 Å². The van der Waals surface area contributed by atoms with Crippen LogP contribution in [0.25, 0.3) is 10.9 Å². The number of anilines is 1. The fourth-order valence-corrected chi connectivity index (χ4v) is 3.38. The van der Waals surface area contributed by atoms with Crippen molar-refractivity contribution in [3.63, 3.8) is 0 Å². The molecule has 3 nitrogen and oxygen atoms in total. The maximum Gasteiger partial charge on any atom is 0.229 e. The SMILES string of the molecule is Cc1cc(C)c2nc(C)cc(NC(=O)Cc3cccs3)c2c1. The molecule has 1 N–H and O–H groups in total. The molecule has 0 saturated carbocycles. The monoisotopic (exact) mass is 310 g/mol. The number of aromatic nitrogens is 1. The van der Waals surface area contributed by atoms with Crippen molar-refractivity contribution in [2.75, 3.05) is 5.32 Å². The van der Waals surface area contributed by atoms with Crippen molar-refractivity contribution in [3.05, 3.63) is 57.4 Å². The molecule has 0 aliphatic rings. The van der Waals surface area contributed by atoms with Gasteiger partial charge in [0, 0.05) is 16.0 Å². The number of hydrogen-bond donors (Lipinski definition) is 1. The highest BCUT2D eigenvalue weighted by molar-refractivity contribution is 7.10. The number of thiophene rings is 1. The Morgan fingerprint density at radius 2 is 2.05 bits per heavy atom. The van der Waals surface area contributed by atoms with Crippen LogP contribution in [0.3, 0.4) is 0 Å². The molecule has 0 radical (unpaired) electrons. The summed E-state index contributed by atoms with van der Waals surface area (Å²) in [5.74, 6) is 0.00788. The molecular formula is C18H18N2OS. The van der Waals surface area contributed by atoms with Crippen LogP contribution in [0.4, 0.5) is 5.69 Å². The molecule has 0 aliphatic heterocycles. The molecule has 22 heavy (non-hydrogen) atoms. The van der Waals surface area contributed by atoms with E-state index in [1.54, 1.807) is 11.3 Å². The van der Waals surface area contributed by atoms with Crippen LogP contribution in [-0.4, -0.2) is 10.9 Å². The molecule has 0 unspecified atom stereocenters. The Morgan fingerprint density at radius 3 is 2.77 bits per heavy atom. The number of nitrogens with one attached hydrogen (secondary N) is 1. The molecule has 112 valence electrons. The second kappa shape index (κ2) is 5.89. The molecule has 4 heteroatoms. The number of amides is 1. The third-order valence-corrected chi connectivity index (χ3v) is 4.44. The van der Waals surface area contributed by atoms with Crippen molar-refractivity contribution in [2.24, 2.45) is 0 Å². The highest BCUT2D eigenvalue weighted by Crippen LogP contribution is 2.27. The fourth-order valence-electron chi connectivity index (χ4n) is 2.68. The van der Waals surface area contributed by atoms with Crippen molar-refractivity contribution in [2.45, 2.75) is 27.2 Å². The zero-order valence-corrected chi connectivity index (χ0v) is 13.8. The van der Waals surface area contributed by atoms with E-state index >= 15 is 0 Å². The van der Waals surface area contributed by atoms with Gasteiger partial charge in [0.15, 0.2) is 0 Å². The Bertz CT molecular complexity index is 838. The molecule has 0 saturated heterocycles. The van der Waals surface area contributed by atoms with E-state index in [9.17, 15) is 4.79 Å². The zero-order chi connectivity index (χ0) is 15.7. The summed E-state index contributed by atoms with van der Waals surface area (Å²) in [6.45, 7) is 6.07. The number of aryl methyl sites for hydroxylation is 3. The van der Waals surface area contributed by atoms with E-state index in [4.69, 9.17) is 0 Å². The third kappa shape index (κ3) is 3.02. The summed E-state index contributed by atoms with van der Waals surface area (Å²) < 4.78 is 0. The van der Waals surface area contributed by atoms with Gasteiger partial charge in [0.1, 0.15) is 0 Å². The maximum atomic E-state index is 12.3. The second-order valence-electron chi connectivity index (χ2n) is 5.59. The van der Waals surface area contributed by atoms with Crippen molar-refractivity contribution in [3.8, 4) is 0 Å². The molecule has 0 aliphatic carbocycles. The van der Waals surface area contributed by atoms with Gasteiger partial charge in [0.05, 0.1) is 17.6 Å². The van der Waals surface area contributed by atoms with Crippen LogP contribution in [0.2, 0.25) is 0 Å². The minimum absolute atomic E-state index is 0.00788. The summed E-state index contributed by atoms with van der Waals surface area (Å²) in [4.78, 5) is 18.0. The number of hydrogen-bond acceptors (Lipinski definition) is 3. The molecule has 1 aromatic carbocycles. The molecule has 2 aromatic heterocycles. The Kier molecular flexibility index (Phi) is 3.94. The summed E-state index contributed by atoms with van der Waals surface area (Å²) in [5.41, 5.74) is 5.01. The van der Waals surface area contributed by atoms with Gasteiger partial charge in [-0.15, -0.1) is 11.3 Å². The predicted molar refractivity (Wildman–Crippen MR) is 92.6 cm³/mol. The van der Waals surface area contributed by atoms with Crippen LogP contribution in [0.15, 0.2) is 35.7 Å². The molecule has 0 fully saturated rings. The van der Waals surface area contributed by atoms with E-state index in [0.717, 1.165) is 32.7 Å². The Hall–Kier alpha value is -2.20. The van der Waals surface area contributed by atoms with Gasteiger partial charge in [-0.25, -0.2) is 0 Å². The molecule has 1 amide bonds. The molecule has 3 rings (SSSR count). The average molecular weight is 310 g/mol. The smallest absolute Gasteiger partial charge is 0.229 e. The van der Waals surface area contributed by atoms with E-state index in [2.05, 4.69) is 36.3 Å². The molecule has 0 bridgehead atoms. The molecular weight excluding hydrogens is 292 g/mol. The maximum absolute atomic E-state index is 12.3. The summed E-state index contributed by atoms with van der Waals surface area (Å²) in [6, 6.07) is 10.1. The van der Waals surface area contributed by atoms with Crippen molar-refractivity contribution >= 4 is 33.8 Å². The van der Waals surface area contributed by atoms with Gasteiger partial charge >= 0.3 is 0 Å². The standard InChI is InChI=1S/C18H18N2OS/c1-11-7-12(2)18-15(8-11)16(9-13(3)19-18)20-17(21)10-14-5-4-6-22-14/h4-9H,10H2,1-3H3,(H,19,20,21). The number of fused-ring (bicyclic) bond motifs is 1. The van der Waals surface area contributed by atoms with Crippen LogP contribution in [-0.2, 0) is 11.2 Å². The lowest BCUT2D eigenvalue weighted by atomic mass is 10.0. The van der Waals surface area contributed by atoms with Gasteiger partial charge in [0.25, 0.3) is 0 Å². The normalized spacial score (nSPS) is 10.9. The number of rotatable bonds is 3. The van der Waals surface area contributed by atoms with E-state index in [0.29, 0.717) is 6.42 Å². The Labute approximate surface area is 134 Å². The Balaban J connectivity index is 1.97. The first-order valence-electron chi connectivity index (χ1n) is 7.24. The lowest BCUT2D eigenvalue weighted by molar-refractivity contribution is -0.115. The van der Waals surface area contributed by atoms with Crippen LogP contribution in [0.5, 0.6) is 0 Å². The van der Waals surface area contributed by atoms with Crippen LogP contribution in [0, 0.1) is 20.8 Å². The van der Waals surface area contributed by atoms with E-state index in [-0.39, 0.29) is 5.91 Å². The highest BCUT2D eigenvalue weighted by atomic mass is 32.1. The van der Waals surface area contributed by atoms with E-state index < -0.39 is 0 Å². The molecule has 0 spiro atoms. The lowest BCUT2D eigenvalue weighted by Crippen LogP contribution is -2.14. The first kappa shape index (κ1) is 14.7. The molecule has 3 aromatic rings. The minimum Gasteiger partial charge on any atom is -0.325 e.